The summed E-state index contributed by atoms with van der Waals surface area (Å²) in [5.41, 5.74) is 14.7. The van der Waals surface area contributed by atoms with Crippen molar-refractivity contribution >= 4 is 18.0 Å². The molecule has 0 bridgehead atoms. The lowest BCUT2D eigenvalue weighted by Gasteiger charge is -2.21. The van der Waals surface area contributed by atoms with Crippen LogP contribution in [0.5, 0.6) is 5.75 Å². The smallest absolute Gasteiger partial charge is 0.126 e. The van der Waals surface area contributed by atoms with Crippen molar-refractivity contribution in [1.29, 1.82) is 0 Å². The van der Waals surface area contributed by atoms with Crippen LogP contribution in [0, 0.1) is 13.8 Å². The van der Waals surface area contributed by atoms with Crippen molar-refractivity contribution in [3.63, 3.8) is 0 Å². The number of hydrogen-bond acceptors (Lipinski definition) is 2. The van der Waals surface area contributed by atoms with Crippen LogP contribution in [0.15, 0.2) is 11.6 Å². The summed E-state index contributed by atoms with van der Waals surface area (Å²) in [6, 6.07) is 2.28. The van der Waals surface area contributed by atoms with Crippen LogP contribution < -0.4 is 10.5 Å². The molecule has 0 aromatic heterocycles. The van der Waals surface area contributed by atoms with Crippen LogP contribution in [0.4, 0.5) is 0 Å². The lowest BCUT2D eigenvalue weighted by atomic mass is 9.86. The standard InChI is InChI=1S/C18H25NO.ClH/c1-11-10-12(2)18(20-3)17-15(8-9-19)13-6-4-5-7-14(13)16(11)17;/h10,15H,4-9,19H2,1-3H3;1H. The second-order valence-electron chi connectivity index (χ2n) is 6.17. The Morgan fingerprint density at radius 1 is 1.19 bits per heavy atom. The maximum atomic E-state index is 5.89. The van der Waals surface area contributed by atoms with Gasteiger partial charge in [0.15, 0.2) is 0 Å². The molecule has 0 spiro atoms. The molecule has 2 aliphatic rings. The van der Waals surface area contributed by atoms with Gasteiger partial charge in [-0.3, -0.25) is 0 Å². The predicted octanol–water partition coefficient (Wildman–Crippen LogP) is 4.51. The van der Waals surface area contributed by atoms with Crippen molar-refractivity contribution in [2.45, 2.75) is 51.9 Å². The molecule has 0 amide bonds. The van der Waals surface area contributed by atoms with Gasteiger partial charge in [0, 0.05) is 11.5 Å². The van der Waals surface area contributed by atoms with Gasteiger partial charge in [-0.05, 0) is 74.8 Å². The Morgan fingerprint density at radius 3 is 2.57 bits per heavy atom. The number of methoxy groups -OCH3 is 1. The van der Waals surface area contributed by atoms with E-state index in [1.54, 1.807) is 18.3 Å². The molecular weight excluding hydrogens is 282 g/mol. The first-order valence-electron chi connectivity index (χ1n) is 7.79. The predicted molar refractivity (Wildman–Crippen MR) is 91.5 cm³/mol. The maximum Gasteiger partial charge on any atom is 0.126 e. The van der Waals surface area contributed by atoms with Crippen LogP contribution >= 0.6 is 12.4 Å². The van der Waals surface area contributed by atoms with Crippen LogP contribution in [0.25, 0.3) is 5.57 Å². The number of nitrogens with two attached hydrogens (primary N) is 1. The molecule has 0 radical (unpaired) electrons. The number of allylic oxidation sites excluding steroid dienone is 2. The summed E-state index contributed by atoms with van der Waals surface area (Å²) >= 11 is 0. The minimum absolute atomic E-state index is 0. The highest BCUT2D eigenvalue weighted by molar-refractivity contribution is 5.85. The molecule has 3 rings (SSSR count). The molecule has 0 saturated heterocycles. The van der Waals surface area contributed by atoms with Crippen LogP contribution in [-0.2, 0) is 0 Å². The third-order valence-electron chi connectivity index (χ3n) is 4.94. The quantitative estimate of drug-likeness (QED) is 0.892. The van der Waals surface area contributed by atoms with E-state index in [9.17, 15) is 0 Å². The molecule has 1 aromatic carbocycles. The van der Waals surface area contributed by atoms with Crippen molar-refractivity contribution in [3.05, 3.63) is 33.9 Å². The largest absolute Gasteiger partial charge is 0.496 e. The number of hydrogen-bond donors (Lipinski definition) is 1. The number of rotatable bonds is 3. The van der Waals surface area contributed by atoms with E-state index in [4.69, 9.17) is 10.5 Å². The van der Waals surface area contributed by atoms with Crippen LogP contribution in [0.2, 0.25) is 0 Å². The Morgan fingerprint density at radius 2 is 1.90 bits per heavy atom. The average molecular weight is 308 g/mol. The second-order valence-corrected chi connectivity index (χ2v) is 6.17. The van der Waals surface area contributed by atoms with Gasteiger partial charge in [-0.1, -0.05) is 11.6 Å². The molecule has 0 aliphatic heterocycles. The zero-order chi connectivity index (χ0) is 14.3. The summed E-state index contributed by atoms with van der Waals surface area (Å²) < 4.78 is 5.76. The van der Waals surface area contributed by atoms with Crippen LogP contribution in [0.1, 0.15) is 60.3 Å². The van der Waals surface area contributed by atoms with E-state index in [0.717, 1.165) is 18.7 Å². The third kappa shape index (κ3) is 2.49. The summed E-state index contributed by atoms with van der Waals surface area (Å²) in [5.74, 6) is 1.59. The van der Waals surface area contributed by atoms with Crippen molar-refractivity contribution in [2.75, 3.05) is 13.7 Å². The SMILES string of the molecule is COc1c(C)cc(C)c2c1C(CCN)C1=C2CCCC1.Cl. The normalized spacial score (nSPS) is 19.9. The molecule has 1 unspecified atom stereocenters. The van der Waals surface area contributed by atoms with E-state index in [1.165, 1.54) is 47.9 Å². The summed E-state index contributed by atoms with van der Waals surface area (Å²) in [7, 11) is 1.80. The Labute approximate surface area is 134 Å². The molecular formula is C18H26ClNO. The summed E-state index contributed by atoms with van der Waals surface area (Å²) in [6.45, 7) is 5.15. The van der Waals surface area contributed by atoms with E-state index in [-0.39, 0.29) is 12.4 Å². The summed E-state index contributed by atoms with van der Waals surface area (Å²) in [5, 5.41) is 0. The minimum Gasteiger partial charge on any atom is -0.496 e. The first-order chi connectivity index (χ1) is 9.69. The Balaban J connectivity index is 0.00000161. The molecule has 2 aliphatic carbocycles. The molecule has 21 heavy (non-hydrogen) atoms. The van der Waals surface area contributed by atoms with Gasteiger partial charge >= 0.3 is 0 Å². The summed E-state index contributed by atoms with van der Waals surface area (Å²) in [4.78, 5) is 0. The van der Waals surface area contributed by atoms with Crippen molar-refractivity contribution in [1.82, 2.24) is 0 Å². The van der Waals surface area contributed by atoms with Gasteiger partial charge in [0.1, 0.15) is 5.75 Å². The number of aryl methyl sites for hydroxylation is 2. The second kappa shape index (κ2) is 6.41. The Bertz CT molecular complexity index is 577. The number of halogens is 1. The molecule has 1 aromatic rings. The highest BCUT2D eigenvalue weighted by atomic mass is 35.5. The highest BCUT2D eigenvalue weighted by Gasteiger charge is 2.35. The van der Waals surface area contributed by atoms with E-state index >= 15 is 0 Å². The number of benzene rings is 1. The minimum atomic E-state index is 0. The lowest BCUT2D eigenvalue weighted by Crippen LogP contribution is -2.10. The van der Waals surface area contributed by atoms with Gasteiger partial charge in [0.2, 0.25) is 0 Å². The average Bonchev–Trinajstić information content (AvgIpc) is 2.75. The first kappa shape index (κ1) is 16.4. The lowest BCUT2D eigenvalue weighted by molar-refractivity contribution is 0.403. The first-order valence-corrected chi connectivity index (χ1v) is 7.79. The fourth-order valence-electron chi connectivity index (χ4n) is 4.26. The van der Waals surface area contributed by atoms with Gasteiger partial charge in [-0.25, -0.2) is 0 Å². The highest BCUT2D eigenvalue weighted by Crippen LogP contribution is 2.54. The van der Waals surface area contributed by atoms with E-state index in [1.807, 2.05) is 0 Å². The van der Waals surface area contributed by atoms with Gasteiger partial charge in [-0.15, -0.1) is 12.4 Å². The van der Waals surface area contributed by atoms with Gasteiger partial charge in [0.25, 0.3) is 0 Å². The van der Waals surface area contributed by atoms with Crippen LogP contribution in [-0.4, -0.2) is 13.7 Å². The zero-order valence-corrected chi connectivity index (χ0v) is 14.1. The van der Waals surface area contributed by atoms with E-state index in [0.29, 0.717) is 5.92 Å². The van der Waals surface area contributed by atoms with Crippen LogP contribution in [0.3, 0.4) is 0 Å². The Kier molecular flexibility index (Phi) is 5.00. The molecule has 2 nitrogen and oxygen atoms in total. The third-order valence-corrected chi connectivity index (χ3v) is 4.94. The van der Waals surface area contributed by atoms with Crippen molar-refractivity contribution in [3.8, 4) is 5.75 Å². The molecule has 1 atom stereocenters. The molecule has 0 saturated carbocycles. The van der Waals surface area contributed by atoms with Crippen molar-refractivity contribution in [2.24, 2.45) is 5.73 Å². The number of fused-ring (bicyclic) bond motifs is 2. The monoisotopic (exact) mass is 307 g/mol. The molecule has 0 fully saturated rings. The molecule has 3 heteroatoms. The van der Waals surface area contributed by atoms with Gasteiger partial charge < -0.3 is 10.5 Å². The number of ether oxygens (including phenoxy) is 1. The summed E-state index contributed by atoms with van der Waals surface area (Å²) in [6.07, 6.45) is 6.18. The molecule has 2 N–H and O–H groups in total. The van der Waals surface area contributed by atoms with Gasteiger partial charge in [0.05, 0.1) is 7.11 Å². The molecule has 116 valence electrons. The maximum absolute atomic E-state index is 5.89. The van der Waals surface area contributed by atoms with E-state index < -0.39 is 0 Å². The van der Waals surface area contributed by atoms with E-state index in [2.05, 4.69) is 19.9 Å². The van der Waals surface area contributed by atoms with Crippen molar-refractivity contribution < 1.29 is 4.74 Å². The molecule has 0 heterocycles. The zero-order valence-electron chi connectivity index (χ0n) is 13.3. The fraction of sp³-hybridized carbons (Fsp3) is 0.556. The fourth-order valence-corrected chi connectivity index (χ4v) is 4.26. The topological polar surface area (TPSA) is 35.2 Å². The van der Waals surface area contributed by atoms with Gasteiger partial charge in [-0.2, -0.15) is 0 Å². The Hall–Kier alpha value is -0.990.